The molecule has 1 heterocycles. The Bertz CT molecular complexity index is 1250. The molecule has 0 spiro atoms. The van der Waals surface area contributed by atoms with Gasteiger partial charge < -0.3 is 26.4 Å². The van der Waals surface area contributed by atoms with Crippen LogP contribution in [0.15, 0.2) is 22.3 Å². The molecule has 0 bridgehead atoms. The highest BCUT2D eigenvalue weighted by atomic mass is 16.5. The lowest BCUT2D eigenvalue weighted by molar-refractivity contribution is -0.135. The molecule has 0 saturated heterocycles. The smallest absolute Gasteiger partial charge is 0.261 e. The second-order valence-electron chi connectivity index (χ2n) is 10.4. The van der Waals surface area contributed by atoms with Crippen LogP contribution in [-0.2, 0) is 25.6 Å². The molecule has 0 aromatic heterocycles. The predicted octanol–water partition coefficient (Wildman–Crippen LogP) is 3.97. The Labute approximate surface area is 232 Å². The number of allylic oxidation sites excluding steroid dienone is 4. The molecule has 0 unspecified atom stereocenters. The number of rotatable bonds is 5. The van der Waals surface area contributed by atoms with Crippen molar-refractivity contribution in [1.82, 2.24) is 0 Å². The Morgan fingerprint density at radius 2 is 1.44 bits per heavy atom. The predicted molar refractivity (Wildman–Crippen MR) is 152 cm³/mol. The molecule has 0 radical (unpaired) electrons. The number of benzene rings is 1. The molecule has 218 valence electrons. The zero-order valence-corrected chi connectivity index (χ0v) is 22.9. The third-order valence-electron chi connectivity index (χ3n) is 7.74. The van der Waals surface area contributed by atoms with Gasteiger partial charge in [0.15, 0.2) is 17.2 Å². The van der Waals surface area contributed by atoms with Crippen LogP contribution in [0.3, 0.4) is 0 Å². The van der Waals surface area contributed by atoms with E-state index in [1.807, 2.05) is 20.8 Å². The van der Waals surface area contributed by atoms with Gasteiger partial charge in [0.25, 0.3) is 5.91 Å². The van der Waals surface area contributed by atoms with Crippen molar-refractivity contribution in [3.05, 3.63) is 44.5 Å². The summed E-state index contributed by atoms with van der Waals surface area (Å²) in [5.41, 5.74) is 12.9. The largest absolute Gasteiger partial charge is 0.507 e. The molecule has 0 fully saturated rings. The van der Waals surface area contributed by atoms with Gasteiger partial charge in [0.1, 0.15) is 17.1 Å². The van der Waals surface area contributed by atoms with Gasteiger partial charge in [0, 0.05) is 34.3 Å². The van der Waals surface area contributed by atoms with E-state index in [0.717, 1.165) is 22.3 Å². The van der Waals surface area contributed by atoms with Crippen LogP contribution in [0.4, 0.5) is 0 Å². The van der Waals surface area contributed by atoms with E-state index in [-0.39, 0.29) is 39.3 Å². The van der Waals surface area contributed by atoms with Gasteiger partial charge in [-0.3, -0.25) is 19.2 Å². The van der Waals surface area contributed by atoms with Gasteiger partial charge in [-0.05, 0) is 91.3 Å². The zero-order valence-electron chi connectivity index (χ0n) is 22.9. The Morgan fingerprint density at radius 3 is 1.92 bits per heavy atom. The average Bonchev–Trinajstić information content (AvgIpc) is 2.83. The molecule has 39 heavy (non-hydrogen) atoms. The summed E-state index contributed by atoms with van der Waals surface area (Å²) in [5.74, 6) is -0.631. The highest BCUT2D eigenvalue weighted by molar-refractivity contribution is 6.24. The third kappa shape index (κ3) is 6.76. The highest BCUT2D eigenvalue weighted by Crippen LogP contribution is 2.43. The molecule has 1 aliphatic carbocycles. The molecular formula is C30H46N2O7. The molecule has 2 amide bonds. The number of phenols is 1. The molecule has 1 aromatic rings. The van der Waals surface area contributed by atoms with E-state index in [1.165, 1.54) is 6.92 Å². The maximum absolute atomic E-state index is 12.1. The minimum absolute atomic E-state index is 0. The van der Waals surface area contributed by atoms with Crippen molar-refractivity contribution in [2.45, 2.75) is 107 Å². The zero-order chi connectivity index (χ0) is 28.6. The molecule has 1 aliphatic heterocycles. The normalized spacial score (nSPS) is 19.9. The van der Waals surface area contributed by atoms with Crippen LogP contribution < -0.4 is 16.2 Å². The summed E-state index contributed by atoms with van der Waals surface area (Å²) in [7, 11) is 0. The minimum Gasteiger partial charge on any atom is -0.507 e. The van der Waals surface area contributed by atoms with Crippen LogP contribution in [0.25, 0.3) is 0 Å². The van der Waals surface area contributed by atoms with E-state index in [2.05, 4.69) is 0 Å². The highest BCUT2D eigenvalue weighted by Gasteiger charge is 2.39. The second-order valence-corrected chi connectivity index (χ2v) is 10.4. The van der Waals surface area contributed by atoms with Crippen LogP contribution in [-0.4, -0.2) is 44.8 Å². The summed E-state index contributed by atoms with van der Waals surface area (Å²) in [6.07, 6.45) is 1.39. The number of primary amides is 2. The van der Waals surface area contributed by atoms with Crippen LogP contribution in [0.2, 0.25) is 0 Å². The van der Waals surface area contributed by atoms with Crippen molar-refractivity contribution < 1.29 is 34.1 Å². The molecule has 6 N–H and O–H groups in total. The van der Waals surface area contributed by atoms with Crippen molar-refractivity contribution in [1.29, 1.82) is 0 Å². The minimum atomic E-state index is -1.68. The second kappa shape index (κ2) is 12.6. The van der Waals surface area contributed by atoms with Crippen molar-refractivity contribution in [2.24, 2.45) is 11.5 Å². The van der Waals surface area contributed by atoms with Gasteiger partial charge >= 0.3 is 0 Å². The van der Waals surface area contributed by atoms with E-state index in [0.29, 0.717) is 46.6 Å². The maximum Gasteiger partial charge on any atom is 0.261 e. The lowest BCUT2D eigenvalue weighted by Gasteiger charge is -2.35. The van der Waals surface area contributed by atoms with E-state index in [9.17, 15) is 29.4 Å². The number of aromatic hydroxyl groups is 1. The summed E-state index contributed by atoms with van der Waals surface area (Å²) in [6, 6.07) is 0. The Morgan fingerprint density at radius 1 is 0.923 bits per heavy atom. The van der Waals surface area contributed by atoms with E-state index < -0.39 is 23.0 Å². The van der Waals surface area contributed by atoms with Crippen molar-refractivity contribution in [2.75, 3.05) is 0 Å². The van der Waals surface area contributed by atoms with Gasteiger partial charge in [-0.25, -0.2) is 0 Å². The van der Waals surface area contributed by atoms with Gasteiger partial charge in [-0.2, -0.15) is 0 Å². The van der Waals surface area contributed by atoms with E-state index in [1.54, 1.807) is 27.7 Å². The fraction of sp³-hybridized carbons (Fsp3) is 0.533. The standard InChI is InChI=1S/C14H19NO4.C14H19NO3.2CH4/c1-7-8(2)12(17)10(9(3)11(7)16)5-6-14(4,19)13(15)18;1-7-8(2)12-10(9(3)11(7)16)5-6-14(4,18-12)13(15)17;;/h19H,5-6H2,1-4H3,(H2,15,18);16H,5-6H2,1-4H3,(H2,15,17);2*1H4/t2*14-;;/m11../s1. The molecule has 9 heteroatoms. The lowest BCUT2D eigenvalue weighted by Crippen LogP contribution is -2.48. The van der Waals surface area contributed by atoms with Gasteiger partial charge in [0.2, 0.25) is 5.91 Å². The molecule has 0 saturated carbocycles. The SMILES string of the molecule is C.C.CC1=C(C)C(=O)C(CC[C@@](C)(O)C(N)=O)=C(C)C1=O.Cc1c(C)c2c(c(C)c1O)CC[C@](C)(C(N)=O)O2. The Kier molecular flexibility index (Phi) is 11.5. The van der Waals surface area contributed by atoms with Gasteiger partial charge in [0.05, 0.1) is 0 Å². The molecular weight excluding hydrogens is 500 g/mol. The van der Waals surface area contributed by atoms with E-state index >= 15 is 0 Å². The average molecular weight is 547 g/mol. The van der Waals surface area contributed by atoms with Crippen LogP contribution in [0, 0.1) is 20.8 Å². The number of ketones is 2. The maximum atomic E-state index is 12.1. The number of carbonyl (C=O) groups is 4. The van der Waals surface area contributed by atoms with E-state index in [4.69, 9.17) is 16.2 Å². The molecule has 9 nitrogen and oxygen atoms in total. The van der Waals surface area contributed by atoms with Gasteiger partial charge in [-0.1, -0.05) is 14.9 Å². The lowest BCUT2D eigenvalue weighted by atomic mass is 9.82. The topological polar surface area (TPSA) is 170 Å². The van der Waals surface area contributed by atoms with Crippen molar-refractivity contribution >= 4 is 23.4 Å². The number of aliphatic hydroxyl groups is 1. The number of fused-ring (bicyclic) bond motifs is 1. The first kappa shape index (κ1) is 35.5. The number of Topliss-reactive ketones (excluding diaryl/α,β-unsaturated/α-hetero) is 2. The molecule has 3 rings (SSSR count). The summed E-state index contributed by atoms with van der Waals surface area (Å²) in [6.45, 7) is 13.4. The van der Waals surface area contributed by atoms with Crippen molar-refractivity contribution in [3.63, 3.8) is 0 Å². The first-order valence-electron chi connectivity index (χ1n) is 12.2. The molecule has 1 aromatic carbocycles. The Hall–Kier alpha value is -3.46. The quantitative estimate of drug-likeness (QED) is 0.405. The van der Waals surface area contributed by atoms with Crippen LogP contribution >= 0.6 is 0 Å². The van der Waals surface area contributed by atoms with Crippen LogP contribution in [0.1, 0.15) is 91.0 Å². The number of carbonyl (C=O) groups excluding carboxylic acids is 4. The summed E-state index contributed by atoms with van der Waals surface area (Å²) >= 11 is 0. The number of phenolic OH excluding ortho intramolecular Hbond substituents is 1. The monoisotopic (exact) mass is 546 g/mol. The first-order chi connectivity index (χ1) is 16.9. The third-order valence-corrected chi connectivity index (χ3v) is 7.74. The summed E-state index contributed by atoms with van der Waals surface area (Å²) in [5, 5.41) is 19.8. The molecule has 2 atom stereocenters. The Balaban J connectivity index is 0.000000705. The number of hydrogen-bond acceptors (Lipinski definition) is 7. The first-order valence-corrected chi connectivity index (χ1v) is 12.2. The van der Waals surface area contributed by atoms with Crippen molar-refractivity contribution in [3.8, 4) is 11.5 Å². The van der Waals surface area contributed by atoms with Gasteiger partial charge in [-0.15, -0.1) is 0 Å². The summed E-state index contributed by atoms with van der Waals surface area (Å²) < 4.78 is 5.84. The van der Waals surface area contributed by atoms with Crippen LogP contribution in [0.5, 0.6) is 11.5 Å². The number of nitrogens with two attached hydrogens (primary N) is 2. The number of hydrogen-bond donors (Lipinski definition) is 4. The number of amides is 2. The summed E-state index contributed by atoms with van der Waals surface area (Å²) in [4.78, 5) is 46.6. The fourth-order valence-corrected chi connectivity index (χ4v) is 4.37. The molecule has 2 aliphatic rings. The number of ether oxygens (including phenoxy) is 1. The fourth-order valence-electron chi connectivity index (χ4n) is 4.37.